The molecule has 0 atom stereocenters. The molecule has 1 N–H and O–H groups in total. The summed E-state index contributed by atoms with van der Waals surface area (Å²) < 4.78 is 24.9. The van der Waals surface area contributed by atoms with Crippen LogP contribution in [-0.2, 0) is 14.8 Å². The van der Waals surface area contributed by atoms with Crippen molar-refractivity contribution in [2.24, 2.45) is 10.9 Å². The lowest BCUT2D eigenvalue weighted by atomic mass is 9.98. The molecule has 11 heteroatoms. The SMILES string of the molecule is CN=C(NCC1CCN(S(C)(=O)=O)CC1)N1CCN(CC(=O)N2CCCCC2)CC1.I. The fourth-order valence-electron chi connectivity index (χ4n) is 4.57. The maximum Gasteiger partial charge on any atom is 0.236 e. The molecule has 0 radical (unpaired) electrons. The summed E-state index contributed by atoms with van der Waals surface area (Å²) in [6.07, 6.45) is 6.55. The Balaban J connectivity index is 0.00000341. The van der Waals surface area contributed by atoms with Gasteiger partial charge in [-0.25, -0.2) is 12.7 Å². The van der Waals surface area contributed by atoms with Gasteiger partial charge in [-0.1, -0.05) is 0 Å². The molecule has 0 aromatic rings. The highest BCUT2D eigenvalue weighted by Gasteiger charge is 2.27. The first-order valence-corrected chi connectivity index (χ1v) is 13.1. The second kappa shape index (κ2) is 12.5. The van der Waals surface area contributed by atoms with Crippen LogP contribution in [0.4, 0.5) is 0 Å². The first kappa shape index (κ1) is 26.6. The Morgan fingerprint density at radius 2 is 1.55 bits per heavy atom. The summed E-state index contributed by atoms with van der Waals surface area (Å²) >= 11 is 0. The average molecular weight is 571 g/mol. The lowest BCUT2D eigenvalue weighted by molar-refractivity contribution is -0.133. The molecule has 9 nitrogen and oxygen atoms in total. The smallest absolute Gasteiger partial charge is 0.236 e. The van der Waals surface area contributed by atoms with Gasteiger partial charge >= 0.3 is 0 Å². The highest BCUT2D eigenvalue weighted by molar-refractivity contribution is 14.0. The largest absolute Gasteiger partial charge is 0.356 e. The fourth-order valence-corrected chi connectivity index (χ4v) is 5.44. The molecular formula is C20H39IN6O3S. The molecule has 0 bridgehead atoms. The number of piperazine rings is 1. The van der Waals surface area contributed by atoms with E-state index in [1.807, 2.05) is 4.90 Å². The normalized spacial score (nSPS) is 22.8. The fraction of sp³-hybridized carbons (Fsp3) is 0.900. The molecule has 3 saturated heterocycles. The summed E-state index contributed by atoms with van der Waals surface area (Å²) in [6.45, 7) is 7.84. The van der Waals surface area contributed by atoms with Crippen molar-refractivity contribution in [1.29, 1.82) is 0 Å². The number of rotatable bonds is 5. The van der Waals surface area contributed by atoms with E-state index in [0.29, 0.717) is 25.6 Å². The van der Waals surface area contributed by atoms with Crippen LogP contribution in [0, 0.1) is 5.92 Å². The minimum absolute atomic E-state index is 0. The third-order valence-corrected chi connectivity index (χ3v) is 7.85. The van der Waals surface area contributed by atoms with E-state index in [1.54, 1.807) is 11.4 Å². The van der Waals surface area contributed by atoms with Crippen molar-refractivity contribution in [3.63, 3.8) is 0 Å². The van der Waals surface area contributed by atoms with E-state index in [-0.39, 0.29) is 29.9 Å². The van der Waals surface area contributed by atoms with Gasteiger partial charge in [0, 0.05) is 66.0 Å². The molecule has 31 heavy (non-hydrogen) atoms. The van der Waals surface area contributed by atoms with E-state index in [4.69, 9.17) is 0 Å². The number of carbonyl (C=O) groups is 1. The summed E-state index contributed by atoms with van der Waals surface area (Å²) in [5.41, 5.74) is 0. The number of hydrogen-bond donors (Lipinski definition) is 1. The molecule has 0 unspecified atom stereocenters. The van der Waals surface area contributed by atoms with Gasteiger partial charge < -0.3 is 15.1 Å². The molecular weight excluding hydrogens is 531 g/mol. The molecule has 3 heterocycles. The number of aliphatic imine (C=N–C) groups is 1. The van der Waals surface area contributed by atoms with Gasteiger partial charge in [0.2, 0.25) is 15.9 Å². The minimum atomic E-state index is -3.07. The Morgan fingerprint density at radius 1 is 0.935 bits per heavy atom. The third-order valence-electron chi connectivity index (χ3n) is 6.54. The Kier molecular flexibility index (Phi) is 10.8. The van der Waals surface area contributed by atoms with Crippen LogP contribution in [0.5, 0.6) is 0 Å². The second-order valence-corrected chi connectivity index (χ2v) is 10.7. The van der Waals surface area contributed by atoms with E-state index in [1.165, 1.54) is 12.7 Å². The molecule has 3 fully saturated rings. The van der Waals surface area contributed by atoms with Crippen LogP contribution in [0.15, 0.2) is 4.99 Å². The van der Waals surface area contributed by atoms with Crippen molar-refractivity contribution in [1.82, 2.24) is 24.3 Å². The van der Waals surface area contributed by atoms with Gasteiger partial charge in [-0.15, -0.1) is 24.0 Å². The van der Waals surface area contributed by atoms with E-state index < -0.39 is 10.0 Å². The average Bonchev–Trinajstić information content (AvgIpc) is 2.75. The lowest BCUT2D eigenvalue weighted by Gasteiger charge is -2.38. The topological polar surface area (TPSA) is 88.6 Å². The van der Waals surface area contributed by atoms with Crippen molar-refractivity contribution >= 4 is 45.9 Å². The Labute approximate surface area is 204 Å². The van der Waals surface area contributed by atoms with Gasteiger partial charge in [0.25, 0.3) is 0 Å². The predicted octanol–water partition coefficient (Wildman–Crippen LogP) is 0.482. The van der Waals surface area contributed by atoms with Gasteiger partial charge in [0.1, 0.15) is 0 Å². The molecule has 0 aliphatic carbocycles. The van der Waals surface area contributed by atoms with E-state index in [2.05, 4.69) is 20.1 Å². The van der Waals surface area contributed by atoms with Crippen LogP contribution in [0.25, 0.3) is 0 Å². The molecule has 0 saturated carbocycles. The number of nitrogens with zero attached hydrogens (tertiary/aromatic N) is 5. The van der Waals surface area contributed by atoms with E-state index in [0.717, 1.165) is 77.5 Å². The molecule has 180 valence electrons. The molecule has 3 aliphatic rings. The summed E-state index contributed by atoms with van der Waals surface area (Å²) in [5.74, 6) is 1.64. The van der Waals surface area contributed by atoms with Crippen molar-refractivity contribution in [3.8, 4) is 0 Å². The van der Waals surface area contributed by atoms with Crippen LogP contribution >= 0.6 is 24.0 Å². The molecule has 0 spiro atoms. The van der Waals surface area contributed by atoms with E-state index >= 15 is 0 Å². The first-order chi connectivity index (χ1) is 14.4. The Morgan fingerprint density at radius 3 is 2.10 bits per heavy atom. The molecule has 0 aromatic carbocycles. The highest BCUT2D eigenvalue weighted by atomic mass is 127. The Hall–Kier alpha value is -0.660. The maximum atomic E-state index is 12.5. The zero-order valence-corrected chi connectivity index (χ0v) is 22.1. The maximum absolute atomic E-state index is 12.5. The number of carbonyl (C=O) groups excluding carboxylic acids is 1. The second-order valence-electron chi connectivity index (χ2n) is 8.74. The first-order valence-electron chi connectivity index (χ1n) is 11.3. The number of halogens is 1. The van der Waals surface area contributed by atoms with Crippen molar-refractivity contribution < 1.29 is 13.2 Å². The highest BCUT2D eigenvalue weighted by Crippen LogP contribution is 2.18. The zero-order chi connectivity index (χ0) is 21.6. The van der Waals surface area contributed by atoms with Gasteiger partial charge in [-0.2, -0.15) is 0 Å². The monoisotopic (exact) mass is 570 g/mol. The lowest BCUT2D eigenvalue weighted by Crippen LogP contribution is -2.55. The van der Waals surface area contributed by atoms with Crippen LogP contribution < -0.4 is 5.32 Å². The summed E-state index contributed by atoms with van der Waals surface area (Å²) in [4.78, 5) is 23.5. The third kappa shape index (κ3) is 8.01. The number of sulfonamides is 1. The Bertz CT molecular complexity index is 698. The number of piperidine rings is 2. The van der Waals surface area contributed by atoms with Gasteiger partial charge in [0.15, 0.2) is 5.96 Å². The van der Waals surface area contributed by atoms with Crippen LogP contribution in [0.1, 0.15) is 32.1 Å². The van der Waals surface area contributed by atoms with Crippen molar-refractivity contribution in [3.05, 3.63) is 0 Å². The molecule has 3 aliphatic heterocycles. The summed E-state index contributed by atoms with van der Waals surface area (Å²) in [5, 5.41) is 3.48. The van der Waals surface area contributed by atoms with Gasteiger partial charge in [-0.3, -0.25) is 14.7 Å². The van der Waals surface area contributed by atoms with Crippen molar-refractivity contribution in [2.45, 2.75) is 32.1 Å². The number of guanidine groups is 1. The molecule has 3 rings (SSSR count). The number of likely N-dealkylation sites (tertiary alicyclic amines) is 1. The quantitative estimate of drug-likeness (QED) is 0.294. The van der Waals surface area contributed by atoms with Crippen molar-refractivity contribution in [2.75, 3.05) is 78.8 Å². The minimum Gasteiger partial charge on any atom is -0.356 e. The van der Waals surface area contributed by atoms with E-state index in [9.17, 15) is 13.2 Å². The zero-order valence-electron chi connectivity index (χ0n) is 19.0. The number of hydrogen-bond acceptors (Lipinski definition) is 5. The van der Waals surface area contributed by atoms with Gasteiger partial charge in [-0.05, 0) is 38.0 Å². The predicted molar refractivity (Wildman–Crippen MR) is 134 cm³/mol. The standard InChI is InChI=1S/C20H38N6O3S.HI/c1-21-20(22-16-18-6-10-26(11-7-18)30(2,28)29)25-14-12-23(13-15-25)17-19(27)24-8-4-3-5-9-24;/h18H,3-17H2,1-2H3,(H,21,22);1H. The molecule has 0 aromatic heterocycles. The van der Waals surface area contributed by atoms with Crippen LogP contribution in [0.3, 0.4) is 0 Å². The number of nitrogens with one attached hydrogen (secondary N) is 1. The van der Waals surface area contributed by atoms with Crippen LogP contribution in [-0.4, -0.2) is 118 Å². The van der Waals surface area contributed by atoms with Crippen LogP contribution in [0.2, 0.25) is 0 Å². The number of amides is 1. The molecule has 1 amide bonds. The summed E-state index contributed by atoms with van der Waals surface area (Å²) in [6, 6.07) is 0. The summed E-state index contributed by atoms with van der Waals surface area (Å²) in [7, 11) is -1.27. The van der Waals surface area contributed by atoms with Gasteiger partial charge in [0.05, 0.1) is 12.8 Å².